The zero-order valence-electron chi connectivity index (χ0n) is 12.0. The van der Waals surface area contributed by atoms with Crippen LogP contribution in [-0.2, 0) is 15.3 Å². The molecular formula is C13H21N3O3S. The van der Waals surface area contributed by atoms with Gasteiger partial charge in [0.25, 0.3) is 0 Å². The van der Waals surface area contributed by atoms with Gasteiger partial charge in [-0.1, -0.05) is 0 Å². The molecule has 0 saturated heterocycles. The standard InChI is InChI=1S/C13H21N3O3S/c1-9(2)16-6-4-11(15-16)8-20-7-5-12(13(18)19)14-10(3)17/h4,6,9,12H,5,7-8H2,1-3H3,(H,14,17)(H,18,19). The van der Waals surface area contributed by atoms with Crippen LogP contribution in [0.1, 0.15) is 38.9 Å². The summed E-state index contributed by atoms with van der Waals surface area (Å²) in [7, 11) is 0. The summed E-state index contributed by atoms with van der Waals surface area (Å²) in [5.74, 6) is 0.0840. The maximum absolute atomic E-state index is 10.9. The summed E-state index contributed by atoms with van der Waals surface area (Å²) < 4.78 is 1.90. The first-order valence-electron chi connectivity index (χ1n) is 6.52. The molecule has 1 amide bonds. The van der Waals surface area contributed by atoms with Gasteiger partial charge >= 0.3 is 5.97 Å². The first kappa shape index (κ1) is 16.6. The quantitative estimate of drug-likeness (QED) is 0.713. The van der Waals surface area contributed by atoms with Crippen molar-refractivity contribution in [1.82, 2.24) is 15.1 Å². The van der Waals surface area contributed by atoms with Gasteiger partial charge in [-0.25, -0.2) is 4.79 Å². The van der Waals surface area contributed by atoms with Gasteiger partial charge < -0.3 is 10.4 Å². The highest BCUT2D eigenvalue weighted by Gasteiger charge is 2.17. The van der Waals surface area contributed by atoms with Crippen LogP contribution < -0.4 is 5.32 Å². The zero-order chi connectivity index (χ0) is 15.1. The number of amides is 1. The molecule has 20 heavy (non-hydrogen) atoms. The van der Waals surface area contributed by atoms with Crippen LogP contribution in [0.2, 0.25) is 0 Å². The van der Waals surface area contributed by atoms with E-state index in [0.29, 0.717) is 18.2 Å². The molecule has 1 aromatic rings. The first-order chi connectivity index (χ1) is 9.40. The number of hydrogen-bond acceptors (Lipinski definition) is 4. The molecular weight excluding hydrogens is 278 g/mol. The molecule has 0 fully saturated rings. The smallest absolute Gasteiger partial charge is 0.326 e. The van der Waals surface area contributed by atoms with Crippen molar-refractivity contribution in [2.24, 2.45) is 0 Å². The number of rotatable bonds is 8. The molecule has 0 saturated carbocycles. The maximum atomic E-state index is 10.9. The van der Waals surface area contributed by atoms with E-state index >= 15 is 0 Å². The van der Waals surface area contributed by atoms with Crippen molar-refractivity contribution in [2.75, 3.05) is 5.75 Å². The lowest BCUT2D eigenvalue weighted by molar-refractivity contribution is -0.141. The molecule has 0 spiro atoms. The number of carboxylic acid groups (broad SMARTS) is 1. The summed E-state index contributed by atoms with van der Waals surface area (Å²) >= 11 is 1.61. The Morgan fingerprint density at radius 2 is 2.20 bits per heavy atom. The second-order valence-corrected chi connectivity index (χ2v) is 5.92. The molecule has 0 aromatic carbocycles. The molecule has 0 aliphatic rings. The van der Waals surface area contributed by atoms with E-state index in [4.69, 9.17) is 5.11 Å². The van der Waals surface area contributed by atoms with Crippen molar-refractivity contribution in [3.05, 3.63) is 18.0 Å². The molecule has 2 N–H and O–H groups in total. The largest absolute Gasteiger partial charge is 0.480 e. The highest BCUT2D eigenvalue weighted by atomic mass is 32.2. The van der Waals surface area contributed by atoms with Gasteiger partial charge in [-0.15, -0.1) is 0 Å². The minimum Gasteiger partial charge on any atom is -0.480 e. The SMILES string of the molecule is CC(=O)NC(CCSCc1ccn(C(C)C)n1)C(=O)O. The molecule has 0 bridgehead atoms. The van der Waals surface area contributed by atoms with Crippen LogP contribution in [0.5, 0.6) is 0 Å². The second-order valence-electron chi connectivity index (χ2n) is 4.81. The number of hydrogen-bond donors (Lipinski definition) is 2. The predicted molar refractivity (Wildman–Crippen MR) is 78.6 cm³/mol. The molecule has 7 heteroatoms. The first-order valence-corrected chi connectivity index (χ1v) is 7.67. The Morgan fingerprint density at radius 3 is 2.70 bits per heavy atom. The van der Waals surface area contributed by atoms with Gasteiger partial charge in [-0.2, -0.15) is 16.9 Å². The van der Waals surface area contributed by atoms with Crippen LogP contribution in [0.4, 0.5) is 0 Å². The summed E-state index contributed by atoms with van der Waals surface area (Å²) in [6.07, 6.45) is 2.35. The summed E-state index contributed by atoms with van der Waals surface area (Å²) in [6.45, 7) is 5.45. The van der Waals surface area contributed by atoms with Gasteiger partial charge in [0.15, 0.2) is 0 Å². The molecule has 1 aromatic heterocycles. The number of carbonyl (C=O) groups is 2. The average Bonchev–Trinajstić information content (AvgIpc) is 2.81. The monoisotopic (exact) mass is 299 g/mol. The van der Waals surface area contributed by atoms with Crippen LogP contribution in [0, 0.1) is 0 Å². The number of nitrogens with one attached hydrogen (secondary N) is 1. The minimum absolute atomic E-state index is 0.321. The van der Waals surface area contributed by atoms with Crippen molar-refractivity contribution in [3.63, 3.8) is 0 Å². The van der Waals surface area contributed by atoms with Crippen molar-refractivity contribution in [1.29, 1.82) is 0 Å². The van der Waals surface area contributed by atoms with E-state index in [1.54, 1.807) is 11.8 Å². The lowest BCUT2D eigenvalue weighted by atomic mass is 10.2. The molecule has 1 heterocycles. The molecule has 1 atom stereocenters. The summed E-state index contributed by atoms with van der Waals surface area (Å²) in [4.78, 5) is 21.8. The van der Waals surface area contributed by atoms with E-state index in [2.05, 4.69) is 24.3 Å². The van der Waals surface area contributed by atoms with E-state index in [9.17, 15) is 9.59 Å². The van der Waals surface area contributed by atoms with Gasteiger partial charge in [0, 0.05) is 24.9 Å². The Kier molecular flexibility index (Phi) is 6.57. The van der Waals surface area contributed by atoms with Gasteiger partial charge in [-0.3, -0.25) is 9.48 Å². The molecule has 1 unspecified atom stereocenters. The Bertz CT molecular complexity index is 459. The lowest BCUT2D eigenvalue weighted by Gasteiger charge is -2.12. The summed E-state index contributed by atoms with van der Waals surface area (Å²) in [6, 6.07) is 1.49. The van der Waals surface area contributed by atoms with Crippen molar-refractivity contribution in [3.8, 4) is 0 Å². The van der Waals surface area contributed by atoms with E-state index in [1.807, 2.05) is 16.9 Å². The number of aromatic nitrogens is 2. The van der Waals surface area contributed by atoms with Crippen LogP contribution >= 0.6 is 11.8 Å². The van der Waals surface area contributed by atoms with E-state index in [-0.39, 0.29) is 5.91 Å². The van der Waals surface area contributed by atoms with Crippen LogP contribution in [-0.4, -0.2) is 38.6 Å². The fourth-order valence-corrected chi connectivity index (χ4v) is 2.53. The Balaban J connectivity index is 2.32. The highest BCUT2D eigenvalue weighted by Crippen LogP contribution is 2.14. The third-order valence-electron chi connectivity index (χ3n) is 2.67. The van der Waals surface area contributed by atoms with E-state index in [1.165, 1.54) is 6.92 Å². The Labute approximate surface area is 122 Å². The minimum atomic E-state index is -0.995. The Morgan fingerprint density at radius 1 is 1.50 bits per heavy atom. The van der Waals surface area contributed by atoms with Crippen LogP contribution in [0.3, 0.4) is 0 Å². The molecule has 1 rings (SSSR count). The number of thioether (sulfide) groups is 1. The third-order valence-corrected chi connectivity index (χ3v) is 3.69. The number of nitrogens with zero attached hydrogens (tertiary/aromatic N) is 2. The predicted octanol–water partition coefficient (Wildman–Crippen LogP) is 1.68. The second kappa shape index (κ2) is 7.94. The third kappa shape index (κ3) is 5.64. The molecule has 0 aliphatic carbocycles. The topological polar surface area (TPSA) is 84.2 Å². The van der Waals surface area contributed by atoms with Gasteiger partial charge in [0.05, 0.1) is 5.69 Å². The molecule has 112 valence electrons. The molecule has 0 aliphatic heterocycles. The van der Waals surface area contributed by atoms with Gasteiger partial charge in [0.1, 0.15) is 6.04 Å². The van der Waals surface area contributed by atoms with E-state index < -0.39 is 12.0 Å². The molecule has 0 radical (unpaired) electrons. The van der Waals surface area contributed by atoms with Crippen molar-refractivity contribution in [2.45, 2.75) is 45.0 Å². The number of carboxylic acids is 1. The maximum Gasteiger partial charge on any atom is 0.326 e. The normalized spacial score (nSPS) is 12.4. The van der Waals surface area contributed by atoms with Crippen LogP contribution in [0.25, 0.3) is 0 Å². The highest BCUT2D eigenvalue weighted by molar-refractivity contribution is 7.98. The number of carbonyl (C=O) groups excluding carboxylic acids is 1. The summed E-state index contributed by atoms with van der Waals surface area (Å²) in [5, 5.41) is 15.8. The lowest BCUT2D eigenvalue weighted by Crippen LogP contribution is -2.39. The number of aliphatic carboxylic acids is 1. The van der Waals surface area contributed by atoms with Crippen LogP contribution in [0.15, 0.2) is 12.3 Å². The van der Waals surface area contributed by atoms with E-state index in [0.717, 1.165) is 11.4 Å². The fraction of sp³-hybridized carbons (Fsp3) is 0.615. The van der Waals surface area contributed by atoms with Gasteiger partial charge in [0.2, 0.25) is 5.91 Å². The molecule has 6 nitrogen and oxygen atoms in total. The fourth-order valence-electron chi connectivity index (χ4n) is 1.62. The van der Waals surface area contributed by atoms with Crippen molar-refractivity contribution >= 4 is 23.6 Å². The van der Waals surface area contributed by atoms with Gasteiger partial charge in [-0.05, 0) is 32.1 Å². The van der Waals surface area contributed by atoms with Crippen molar-refractivity contribution < 1.29 is 14.7 Å². The average molecular weight is 299 g/mol. The summed E-state index contributed by atoms with van der Waals surface area (Å²) in [5.41, 5.74) is 0.982. The zero-order valence-corrected chi connectivity index (χ0v) is 12.8. The Hall–Kier alpha value is -1.50.